The van der Waals surface area contributed by atoms with E-state index < -0.39 is 0 Å². The van der Waals surface area contributed by atoms with Crippen LogP contribution in [0.5, 0.6) is 0 Å². The van der Waals surface area contributed by atoms with Crippen molar-refractivity contribution in [3.63, 3.8) is 0 Å². The third kappa shape index (κ3) is 2.72. The van der Waals surface area contributed by atoms with Gasteiger partial charge in [-0.25, -0.2) is 4.79 Å². The standard InChI is InChI=1S/C22H27BrO4/c1-21-11-18(25)20-14(15(21)7-5-13(21)9-19(26)27-3)6-4-12-8-17(24)16(23)10-22(12,20)2/h8-9,14-16,20H,4-7,10-11H2,1-3H3/b13-9-. The molecule has 6 unspecified atom stereocenters. The van der Waals surface area contributed by atoms with Gasteiger partial charge in [0.25, 0.3) is 0 Å². The molecule has 27 heavy (non-hydrogen) atoms. The Balaban J connectivity index is 1.72. The Morgan fingerprint density at radius 3 is 2.67 bits per heavy atom. The lowest BCUT2D eigenvalue weighted by molar-refractivity contribution is -0.142. The molecule has 0 N–H and O–H groups in total. The zero-order chi connectivity index (χ0) is 19.6. The number of carbonyl (C=O) groups excluding carboxylic acids is 3. The average Bonchev–Trinajstić information content (AvgIpc) is 2.91. The molecule has 0 aromatic carbocycles. The fourth-order valence-electron chi connectivity index (χ4n) is 6.70. The van der Waals surface area contributed by atoms with Crippen molar-refractivity contribution in [3.05, 3.63) is 23.3 Å². The highest BCUT2D eigenvalue weighted by atomic mass is 79.9. The summed E-state index contributed by atoms with van der Waals surface area (Å²) < 4.78 is 4.83. The van der Waals surface area contributed by atoms with Gasteiger partial charge in [-0.2, -0.15) is 0 Å². The highest BCUT2D eigenvalue weighted by molar-refractivity contribution is 9.10. The fourth-order valence-corrected chi connectivity index (χ4v) is 7.50. The molecule has 4 nitrogen and oxygen atoms in total. The Labute approximate surface area is 168 Å². The van der Waals surface area contributed by atoms with Crippen LogP contribution in [-0.2, 0) is 19.1 Å². The number of esters is 1. The first-order chi connectivity index (χ1) is 12.7. The number of hydrogen-bond acceptors (Lipinski definition) is 4. The van der Waals surface area contributed by atoms with Gasteiger partial charge >= 0.3 is 5.97 Å². The number of allylic oxidation sites excluding steroid dienone is 2. The van der Waals surface area contributed by atoms with Crippen LogP contribution in [0.25, 0.3) is 0 Å². The second-order valence-corrected chi connectivity index (χ2v) is 10.3. The van der Waals surface area contributed by atoms with Gasteiger partial charge in [0, 0.05) is 23.8 Å². The number of ether oxygens (including phenoxy) is 1. The Hall–Kier alpha value is -1.23. The molecule has 4 rings (SSSR count). The van der Waals surface area contributed by atoms with Crippen molar-refractivity contribution in [2.45, 2.75) is 57.2 Å². The summed E-state index contributed by atoms with van der Waals surface area (Å²) in [6.45, 7) is 4.36. The molecule has 0 amide bonds. The van der Waals surface area contributed by atoms with E-state index >= 15 is 0 Å². The Morgan fingerprint density at radius 1 is 1.22 bits per heavy atom. The fraction of sp³-hybridized carbons (Fsp3) is 0.682. The molecular weight excluding hydrogens is 408 g/mol. The van der Waals surface area contributed by atoms with Gasteiger partial charge < -0.3 is 4.74 Å². The molecule has 0 aromatic rings. The Morgan fingerprint density at radius 2 is 1.96 bits per heavy atom. The molecule has 3 fully saturated rings. The quantitative estimate of drug-likeness (QED) is 0.353. The van der Waals surface area contributed by atoms with Gasteiger partial charge in [-0.3, -0.25) is 9.59 Å². The number of ketones is 2. The van der Waals surface area contributed by atoms with Crippen LogP contribution in [-0.4, -0.2) is 29.5 Å². The van der Waals surface area contributed by atoms with Crippen molar-refractivity contribution in [1.29, 1.82) is 0 Å². The number of hydrogen-bond donors (Lipinski definition) is 0. The van der Waals surface area contributed by atoms with Crippen molar-refractivity contribution in [1.82, 2.24) is 0 Å². The Bertz CT molecular complexity index is 781. The van der Waals surface area contributed by atoms with Crippen LogP contribution in [0.2, 0.25) is 0 Å². The smallest absolute Gasteiger partial charge is 0.330 e. The van der Waals surface area contributed by atoms with Crippen molar-refractivity contribution >= 4 is 33.5 Å². The van der Waals surface area contributed by atoms with E-state index in [9.17, 15) is 14.4 Å². The number of methoxy groups -OCH3 is 1. The predicted molar refractivity (Wildman–Crippen MR) is 105 cm³/mol. The molecule has 5 heteroatoms. The SMILES string of the molecule is COC(=O)/C=C1/CCC2C3CCC4=CC(=O)C(Br)CC4(C)C3C(=O)CC12C. The van der Waals surface area contributed by atoms with Crippen molar-refractivity contribution < 1.29 is 19.1 Å². The lowest BCUT2D eigenvalue weighted by atomic mass is 9.47. The van der Waals surface area contributed by atoms with E-state index in [2.05, 4.69) is 29.8 Å². The number of fused-ring (bicyclic) bond motifs is 5. The van der Waals surface area contributed by atoms with Crippen LogP contribution < -0.4 is 0 Å². The predicted octanol–water partition coefficient (Wildman–Crippen LogP) is 4.17. The van der Waals surface area contributed by atoms with Crippen LogP contribution in [0.3, 0.4) is 0 Å². The molecule has 0 heterocycles. The number of alkyl halides is 1. The number of carbonyl (C=O) groups is 3. The van der Waals surface area contributed by atoms with Crippen LogP contribution in [0.1, 0.15) is 52.4 Å². The third-order valence-corrected chi connectivity index (χ3v) is 8.77. The Kier molecular flexibility index (Phi) is 4.53. The summed E-state index contributed by atoms with van der Waals surface area (Å²) in [5.74, 6) is 0.851. The molecule has 4 aliphatic rings. The molecule has 3 saturated carbocycles. The lowest BCUT2D eigenvalue weighted by Gasteiger charge is -2.56. The van der Waals surface area contributed by atoms with Crippen molar-refractivity contribution in [2.24, 2.45) is 28.6 Å². The van der Waals surface area contributed by atoms with Gasteiger partial charge in [0.1, 0.15) is 5.78 Å². The van der Waals surface area contributed by atoms with E-state index in [4.69, 9.17) is 4.74 Å². The summed E-state index contributed by atoms with van der Waals surface area (Å²) in [6.07, 6.45) is 8.38. The van der Waals surface area contributed by atoms with Gasteiger partial charge in [0.2, 0.25) is 0 Å². The maximum Gasteiger partial charge on any atom is 0.330 e. The zero-order valence-electron chi connectivity index (χ0n) is 16.2. The third-order valence-electron chi connectivity index (χ3n) is 8.00. The molecule has 4 aliphatic carbocycles. The number of Topliss-reactive ketones (excluding diaryl/α,β-unsaturated/α-hetero) is 1. The van der Waals surface area contributed by atoms with E-state index in [0.29, 0.717) is 30.5 Å². The van der Waals surface area contributed by atoms with Crippen molar-refractivity contribution in [2.75, 3.05) is 7.11 Å². The lowest BCUT2D eigenvalue weighted by Crippen LogP contribution is -2.55. The van der Waals surface area contributed by atoms with Crippen LogP contribution in [0.4, 0.5) is 0 Å². The topological polar surface area (TPSA) is 60.4 Å². The first kappa shape index (κ1) is 19.1. The van der Waals surface area contributed by atoms with E-state index in [-0.39, 0.29) is 33.3 Å². The molecule has 0 bridgehead atoms. The van der Waals surface area contributed by atoms with E-state index in [1.807, 2.05) is 0 Å². The highest BCUT2D eigenvalue weighted by Gasteiger charge is 2.61. The largest absolute Gasteiger partial charge is 0.466 e. The minimum Gasteiger partial charge on any atom is -0.466 e. The summed E-state index contributed by atoms with van der Waals surface area (Å²) in [5.41, 5.74) is 1.79. The first-order valence-electron chi connectivity index (χ1n) is 9.91. The van der Waals surface area contributed by atoms with Crippen LogP contribution in [0.15, 0.2) is 23.3 Å². The molecule has 146 valence electrons. The summed E-state index contributed by atoms with van der Waals surface area (Å²) in [5, 5.41) is 0. The molecule has 0 saturated heterocycles. The van der Waals surface area contributed by atoms with E-state index in [1.54, 1.807) is 12.2 Å². The highest BCUT2D eigenvalue weighted by Crippen LogP contribution is 2.65. The minimum atomic E-state index is -0.324. The summed E-state index contributed by atoms with van der Waals surface area (Å²) in [7, 11) is 1.40. The molecule has 0 aliphatic heterocycles. The molecule has 0 aromatic heterocycles. The second-order valence-electron chi connectivity index (χ2n) is 9.24. The molecule has 0 spiro atoms. The van der Waals surface area contributed by atoms with Gasteiger partial charge in [0.05, 0.1) is 11.9 Å². The summed E-state index contributed by atoms with van der Waals surface area (Å²) in [6, 6.07) is 0. The molecule has 0 radical (unpaired) electrons. The van der Waals surface area contributed by atoms with Gasteiger partial charge in [-0.05, 0) is 55.4 Å². The maximum atomic E-state index is 13.5. The minimum absolute atomic E-state index is 0.0128. The molecular formula is C22H27BrO4. The number of halogens is 1. The zero-order valence-corrected chi connectivity index (χ0v) is 17.8. The van der Waals surface area contributed by atoms with Crippen LogP contribution >= 0.6 is 15.9 Å². The van der Waals surface area contributed by atoms with Gasteiger partial charge in [0.15, 0.2) is 5.78 Å². The van der Waals surface area contributed by atoms with Crippen molar-refractivity contribution in [3.8, 4) is 0 Å². The normalized spacial score (nSPS) is 45.0. The maximum absolute atomic E-state index is 13.5. The molecule has 6 atom stereocenters. The average molecular weight is 435 g/mol. The first-order valence-corrected chi connectivity index (χ1v) is 10.8. The van der Waals surface area contributed by atoms with Gasteiger partial charge in [-0.1, -0.05) is 40.9 Å². The van der Waals surface area contributed by atoms with E-state index in [0.717, 1.165) is 31.3 Å². The monoisotopic (exact) mass is 434 g/mol. The van der Waals surface area contributed by atoms with Crippen LogP contribution in [0, 0.1) is 28.6 Å². The summed E-state index contributed by atoms with van der Waals surface area (Å²) in [4.78, 5) is 37.3. The number of rotatable bonds is 1. The van der Waals surface area contributed by atoms with E-state index in [1.165, 1.54) is 12.7 Å². The summed E-state index contributed by atoms with van der Waals surface area (Å²) >= 11 is 3.53. The van der Waals surface area contributed by atoms with Gasteiger partial charge in [-0.15, -0.1) is 0 Å². The second kappa shape index (κ2) is 6.40.